The first-order valence-electron chi connectivity index (χ1n) is 25.2. The van der Waals surface area contributed by atoms with Crippen molar-refractivity contribution in [1.29, 1.82) is 0 Å². The average Bonchev–Trinajstić information content (AvgIpc) is 4.21. The minimum Gasteiger partial charge on any atom is -0.308 e. The fraction of sp³-hybridized carbons (Fsp3) is 0. The number of fused-ring (bicyclic) bond motifs is 9. The van der Waals surface area contributed by atoms with E-state index < -0.39 is 0 Å². The summed E-state index contributed by atoms with van der Waals surface area (Å²) in [7, 11) is 0. The third-order valence-corrected chi connectivity index (χ3v) is 16.9. The Kier molecular flexibility index (Phi) is 10.2. The number of nitrogens with zero attached hydrogens (tertiary/aromatic N) is 4. The van der Waals surface area contributed by atoms with Gasteiger partial charge in [-0.25, -0.2) is 15.0 Å². The zero-order chi connectivity index (χ0) is 49.4. The molecule has 4 nitrogen and oxygen atoms in total. The van der Waals surface area contributed by atoms with Crippen LogP contribution in [0.2, 0.25) is 0 Å². The number of benzene rings is 11. The average molecular weight is 991 g/mol. The van der Waals surface area contributed by atoms with Crippen molar-refractivity contribution in [3.8, 4) is 84.4 Å². The van der Waals surface area contributed by atoms with Crippen molar-refractivity contribution >= 4 is 84.8 Å². The molecule has 15 aromatic rings. The van der Waals surface area contributed by atoms with E-state index in [0.717, 1.165) is 55.7 Å². The highest BCUT2D eigenvalue weighted by Gasteiger charge is 2.24. The molecule has 0 saturated heterocycles. The molecule has 0 aliphatic heterocycles. The van der Waals surface area contributed by atoms with Crippen LogP contribution in [0.5, 0.6) is 0 Å². The van der Waals surface area contributed by atoms with Crippen molar-refractivity contribution in [2.24, 2.45) is 0 Å². The lowest BCUT2D eigenvalue weighted by molar-refractivity contribution is 1.07. The van der Waals surface area contributed by atoms with Crippen molar-refractivity contribution in [2.75, 3.05) is 0 Å². The van der Waals surface area contributed by atoms with Crippen LogP contribution < -0.4 is 0 Å². The molecule has 15 rings (SSSR count). The van der Waals surface area contributed by atoms with E-state index in [9.17, 15) is 0 Å². The maximum atomic E-state index is 5.49. The van der Waals surface area contributed by atoms with Crippen LogP contribution in [0, 0.1) is 0 Å². The lowest BCUT2D eigenvalue weighted by Gasteiger charge is -2.21. The van der Waals surface area contributed by atoms with Crippen LogP contribution in [-0.2, 0) is 0 Å². The monoisotopic (exact) mass is 990 g/mol. The molecular formula is C69H42N4S2. The first-order valence-corrected chi connectivity index (χ1v) is 26.9. The van der Waals surface area contributed by atoms with E-state index in [4.69, 9.17) is 15.0 Å². The molecule has 0 radical (unpaired) electrons. The molecule has 0 atom stereocenters. The van der Waals surface area contributed by atoms with Gasteiger partial charge in [0.05, 0.1) is 16.7 Å². The topological polar surface area (TPSA) is 43.6 Å². The summed E-state index contributed by atoms with van der Waals surface area (Å²) in [5.41, 5.74) is 15.1. The molecular weight excluding hydrogens is 949 g/mol. The smallest absolute Gasteiger partial charge is 0.164 e. The van der Waals surface area contributed by atoms with Gasteiger partial charge in [-0.05, 0) is 118 Å². The first kappa shape index (κ1) is 43.3. The number of hydrogen-bond acceptors (Lipinski definition) is 5. The first-order chi connectivity index (χ1) is 37.1. The van der Waals surface area contributed by atoms with Crippen molar-refractivity contribution < 1.29 is 0 Å². The van der Waals surface area contributed by atoms with Gasteiger partial charge < -0.3 is 4.57 Å². The molecule has 0 N–H and O–H groups in total. The molecule has 0 fully saturated rings. The fourth-order valence-corrected chi connectivity index (χ4v) is 13.2. The van der Waals surface area contributed by atoms with Crippen molar-refractivity contribution in [2.45, 2.75) is 0 Å². The fourth-order valence-electron chi connectivity index (χ4n) is 11.1. The van der Waals surface area contributed by atoms with E-state index in [1.807, 2.05) is 22.7 Å². The minimum atomic E-state index is 0.601. The molecule has 0 spiro atoms. The largest absolute Gasteiger partial charge is 0.308 e. The van der Waals surface area contributed by atoms with Crippen LogP contribution >= 0.6 is 22.7 Å². The lowest BCUT2D eigenvalue weighted by atomic mass is 9.92. The summed E-state index contributed by atoms with van der Waals surface area (Å²) < 4.78 is 7.48. The summed E-state index contributed by atoms with van der Waals surface area (Å²) in [5, 5.41) is 7.23. The Morgan fingerprint density at radius 1 is 0.240 bits per heavy atom. The summed E-state index contributed by atoms with van der Waals surface area (Å²) in [4.78, 5) is 16.3. The third kappa shape index (κ3) is 7.45. The molecule has 0 saturated carbocycles. The summed E-state index contributed by atoms with van der Waals surface area (Å²) >= 11 is 3.63. The highest BCUT2D eigenvalue weighted by atomic mass is 32.1. The predicted molar refractivity (Wildman–Crippen MR) is 318 cm³/mol. The molecule has 0 bridgehead atoms. The number of aromatic nitrogens is 4. The van der Waals surface area contributed by atoms with Gasteiger partial charge in [-0.1, -0.05) is 170 Å². The van der Waals surface area contributed by atoms with Gasteiger partial charge in [0.1, 0.15) is 0 Å². The van der Waals surface area contributed by atoms with Crippen LogP contribution in [0.1, 0.15) is 0 Å². The molecule has 350 valence electrons. The van der Waals surface area contributed by atoms with Crippen LogP contribution in [0.15, 0.2) is 255 Å². The lowest BCUT2D eigenvalue weighted by Crippen LogP contribution is -2.04. The van der Waals surface area contributed by atoms with Crippen LogP contribution in [0.3, 0.4) is 0 Å². The highest BCUT2D eigenvalue weighted by Crippen LogP contribution is 2.46. The van der Waals surface area contributed by atoms with E-state index in [0.29, 0.717) is 17.5 Å². The highest BCUT2D eigenvalue weighted by molar-refractivity contribution is 7.26. The molecule has 75 heavy (non-hydrogen) atoms. The number of rotatable bonds is 8. The Hall–Kier alpha value is -9.33. The second-order valence-corrected chi connectivity index (χ2v) is 21.3. The van der Waals surface area contributed by atoms with E-state index in [1.165, 1.54) is 73.4 Å². The summed E-state index contributed by atoms with van der Waals surface area (Å²) in [6.07, 6.45) is 0. The van der Waals surface area contributed by atoms with Gasteiger partial charge in [0.15, 0.2) is 17.5 Å². The predicted octanol–water partition coefficient (Wildman–Crippen LogP) is 19.4. The second-order valence-electron chi connectivity index (χ2n) is 19.1. The molecule has 6 heteroatoms. The summed E-state index contributed by atoms with van der Waals surface area (Å²) in [6.45, 7) is 0. The van der Waals surface area contributed by atoms with E-state index in [-0.39, 0.29) is 0 Å². The molecule has 0 amide bonds. The Morgan fingerprint density at radius 2 is 0.587 bits per heavy atom. The minimum absolute atomic E-state index is 0.601. The van der Waals surface area contributed by atoms with Gasteiger partial charge in [-0.2, -0.15) is 0 Å². The zero-order valence-electron chi connectivity index (χ0n) is 40.4. The van der Waals surface area contributed by atoms with Gasteiger partial charge in [0.2, 0.25) is 0 Å². The quantitative estimate of drug-likeness (QED) is 0.152. The van der Waals surface area contributed by atoms with E-state index >= 15 is 0 Å². The molecule has 4 heterocycles. The molecule has 11 aromatic carbocycles. The van der Waals surface area contributed by atoms with Crippen LogP contribution in [0.4, 0.5) is 0 Å². The Bertz CT molecular complexity index is 4400. The van der Waals surface area contributed by atoms with Crippen LogP contribution in [0.25, 0.3) is 147 Å². The van der Waals surface area contributed by atoms with Crippen molar-refractivity contribution in [1.82, 2.24) is 19.5 Å². The number of hydrogen-bond donors (Lipinski definition) is 0. The Labute approximate surface area is 440 Å². The number of thiophene rings is 2. The summed E-state index contributed by atoms with van der Waals surface area (Å²) in [6, 6.07) is 92.0. The summed E-state index contributed by atoms with van der Waals surface area (Å²) in [5.74, 6) is 1.85. The van der Waals surface area contributed by atoms with Crippen molar-refractivity contribution in [3.63, 3.8) is 0 Å². The van der Waals surface area contributed by atoms with Gasteiger partial charge in [-0.15, -0.1) is 22.7 Å². The van der Waals surface area contributed by atoms with Crippen molar-refractivity contribution in [3.05, 3.63) is 255 Å². The van der Waals surface area contributed by atoms with E-state index in [2.05, 4.69) is 259 Å². The third-order valence-electron chi connectivity index (χ3n) is 14.6. The maximum absolute atomic E-state index is 5.49. The zero-order valence-corrected chi connectivity index (χ0v) is 42.0. The Morgan fingerprint density at radius 3 is 1.03 bits per heavy atom. The molecule has 0 aliphatic rings. The SMILES string of the molecule is c1ccc(-c2ccc3c(c2)c2cc(-c4ccccc4)ccc2n3-c2c(-c3ccccc3)cc(-c3nc(-c4ccc5sc6ccccc6c5c4)nc(-c4ccc5sc6ccccc6c5c4)n3)cc2-c2ccccc2)cc1. The van der Waals surface area contributed by atoms with Gasteiger partial charge >= 0.3 is 0 Å². The van der Waals surface area contributed by atoms with Gasteiger partial charge in [-0.3, -0.25) is 0 Å². The Balaban J connectivity index is 1.01. The maximum Gasteiger partial charge on any atom is 0.164 e. The van der Waals surface area contributed by atoms with E-state index in [1.54, 1.807) is 0 Å². The molecule has 4 aromatic heterocycles. The van der Waals surface area contributed by atoms with Gasteiger partial charge in [0, 0.05) is 78.9 Å². The van der Waals surface area contributed by atoms with Crippen LogP contribution in [-0.4, -0.2) is 19.5 Å². The second kappa shape index (κ2) is 17.7. The van der Waals surface area contributed by atoms with Gasteiger partial charge in [0.25, 0.3) is 0 Å². The normalized spacial score (nSPS) is 11.7. The molecule has 0 aliphatic carbocycles. The molecule has 0 unspecified atom stereocenters. The standard InChI is InChI=1S/C69H42N4S2/c1-5-17-43(18-6-1)47-29-33-60-56(37-47)57-38-48(44-19-7-2-8-20-44)30-34-61(57)73(60)66-54(45-21-9-3-10-22-45)41-51(42-55(66)46-23-11-4-12-24-46)69-71-67(49-31-35-64-58(39-49)52-25-13-15-27-62(52)74-64)70-68(72-69)50-32-36-65-59(40-50)53-26-14-16-28-63(53)75-65/h1-42H.